The van der Waals surface area contributed by atoms with Crippen molar-refractivity contribution in [1.82, 2.24) is 10.9 Å². The molecule has 1 aliphatic rings. The van der Waals surface area contributed by atoms with Crippen molar-refractivity contribution in [3.05, 3.63) is 57.8 Å². The molecule has 9 heteroatoms. The third-order valence-electron chi connectivity index (χ3n) is 4.56. The molecule has 2 heterocycles. The number of hydrogen-bond donors (Lipinski definition) is 2. The molecule has 5 nitrogen and oxygen atoms in total. The van der Waals surface area contributed by atoms with E-state index < -0.39 is 29.0 Å². The van der Waals surface area contributed by atoms with Crippen LogP contribution in [0, 0.1) is 0 Å². The first-order valence-corrected chi connectivity index (χ1v) is 9.11. The fourth-order valence-electron chi connectivity index (χ4n) is 3.06. The van der Waals surface area contributed by atoms with Gasteiger partial charge in [0.05, 0.1) is 15.9 Å². The fraction of sp³-hybridized carbons (Fsp3) is 0.333. The van der Waals surface area contributed by atoms with Gasteiger partial charge in [0.1, 0.15) is 0 Å². The fourth-order valence-corrected chi connectivity index (χ4v) is 3.68. The molecule has 1 aromatic heterocycles. The molecule has 0 radical (unpaired) electrons. The number of carbonyl (C=O) groups is 2. The Morgan fingerprint density at radius 3 is 2.44 bits per heavy atom. The molecule has 2 N–H and O–H groups in total. The number of thiophene rings is 1. The van der Waals surface area contributed by atoms with Crippen molar-refractivity contribution < 1.29 is 27.5 Å². The van der Waals surface area contributed by atoms with Crippen LogP contribution in [-0.4, -0.2) is 25.0 Å². The van der Waals surface area contributed by atoms with Gasteiger partial charge in [-0.15, -0.1) is 11.3 Å². The summed E-state index contributed by atoms with van der Waals surface area (Å²) < 4.78 is 44.6. The molecule has 1 aromatic carbocycles. The molecule has 2 aromatic rings. The van der Waals surface area contributed by atoms with Gasteiger partial charge >= 0.3 is 6.18 Å². The zero-order valence-electron chi connectivity index (χ0n) is 14.1. The highest BCUT2D eigenvalue weighted by molar-refractivity contribution is 7.12. The maximum atomic E-state index is 13.1. The molecule has 0 spiro atoms. The number of hydrogen-bond acceptors (Lipinski definition) is 4. The minimum Gasteiger partial charge on any atom is -0.381 e. The average molecular weight is 398 g/mol. The predicted octanol–water partition coefficient (Wildman–Crippen LogP) is 3.28. The molecule has 0 saturated carbocycles. The van der Waals surface area contributed by atoms with Crippen molar-refractivity contribution in [2.24, 2.45) is 0 Å². The van der Waals surface area contributed by atoms with E-state index in [1.807, 2.05) is 0 Å². The molecule has 1 aliphatic heterocycles. The normalized spacial score (nSPS) is 16.6. The zero-order valence-corrected chi connectivity index (χ0v) is 15.0. The summed E-state index contributed by atoms with van der Waals surface area (Å²) in [7, 11) is 0. The molecule has 0 bridgehead atoms. The first kappa shape index (κ1) is 19.4. The summed E-state index contributed by atoms with van der Waals surface area (Å²) in [5.41, 5.74) is 2.93. The summed E-state index contributed by atoms with van der Waals surface area (Å²) >= 11 is 1.21. The van der Waals surface area contributed by atoms with Gasteiger partial charge in [-0.1, -0.05) is 24.3 Å². The Balaban J connectivity index is 1.84. The molecule has 144 valence electrons. The van der Waals surface area contributed by atoms with E-state index in [0.717, 1.165) is 12.1 Å². The number of nitrogens with one attached hydrogen (secondary N) is 2. The smallest absolute Gasteiger partial charge is 0.381 e. The minimum atomic E-state index is -4.51. The lowest BCUT2D eigenvalue weighted by atomic mass is 9.73. The quantitative estimate of drug-likeness (QED) is 0.780. The number of benzene rings is 1. The highest BCUT2D eigenvalue weighted by atomic mass is 32.1. The van der Waals surface area contributed by atoms with Crippen LogP contribution in [0.1, 0.15) is 33.6 Å². The largest absolute Gasteiger partial charge is 0.416 e. The van der Waals surface area contributed by atoms with Crippen LogP contribution in [0.15, 0.2) is 41.8 Å². The summed E-state index contributed by atoms with van der Waals surface area (Å²) in [6.45, 7) is 0.477. The number of hydrazine groups is 1. The third kappa shape index (κ3) is 4.14. The van der Waals surface area contributed by atoms with Crippen molar-refractivity contribution in [2.45, 2.75) is 24.4 Å². The van der Waals surface area contributed by atoms with Crippen LogP contribution in [-0.2, 0) is 21.1 Å². The zero-order chi connectivity index (χ0) is 19.5. The molecule has 0 aliphatic carbocycles. The maximum absolute atomic E-state index is 13.1. The molecule has 27 heavy (non-hydrogen) atoms. The Bertz CT molecular complexity index is 816. The van der Waals surface area contributed by atoms with Gasteiger partial charge in [0.15, 0.2) is 0 Å². The molecule has 0 atom stereocenters. The van der Waals surface area contributed by atoms with E-state index in [4.69, 9.17) is 4.74 Å². The Morgan fingerprint density at radius 1 is 1.07 bits per heavy atom. The van der Waals surface area contributed by atoms with Crippen molar-refractivity contribution in [2.75, 3.05) is 13.2 Å². The summed E-state index contributed by atoms with van der Waals surface area (Å²) in [6.07, 6.45) is -4.07. The standard InChI is InChI=1S/C18H17F3N2O3S/c19-18(20,21)13-4-1-3-12(11-13)17(6-8-26-9-7-17)16(25)23-22-15(24)14-5-2-10-27-14/h1-5,10-11H,6-9H2,(H,22,24)(H,23,25). The van der Waals surface area contributed by atoms with Crippen LogP contribution in [0.25, 0.3) is 0 Å². The highest BCUT2D eigenvalue weighted by Gasteiger charge is 2.43. The lowest BCUT2D eigenvalue weighted by Crippen LogP contribution is -2.53. The summed E-state index contributed by atoms with van der Waals surface area (Å²) in [5, 5.41) is 1.72. The molecule has 0 unspecified atom stereocenters. The molecular formula is C18H17F3N2O3S. The molecule has 1 saturated heterocycles. The second-order valence-corrected chi connectivity index (χ2v) is 7.11. The summed E-state index contributed by atoms with van der Waals surface area (Å²) in [4.78, 5) is 25.3. The Kier molecular flexibility index (Phi) is 5.52. The van der Waals surface area contributed by atoms with Crippen LogP contribution < -0.4 is 10.9 Å². The van der Waals surface area contributed by atoms with Gasteiger partial charge in [-0.25, -0.2) is 0 Å². The van der Waals surface area contributed by atoms with Gasteiger partial charge in [-0.3, -0.25) is 20.4 Å². The van der Waals surface area contributed by atoms with Crippen LogP contribution >= 0.6 is 11.3 Å². The van der Waals surface area contributed by atoms with E-state index >= 15 is 0 Å². The summed E-state index contributed by atoms with van der Waals surface area (Å²) in [5.74, 6) is -1.04. The van der Waals surface area contributed by atoms with E-state index in [1.54, 1.807) is 17.5 Å². The van der Waals surface area contributed by atoms with E-state index in [0.29, 0.717) is 4.88 Å². The maximum Gasteiger partial charge on any atom is 0.416 e. The van der Waals surface area contributed by atoms with Gasteiger partial charge in [0, 0.05) is 13.2 Å². The monoisotopic (exact) mass is 398 g/mol. The van der Waals surface area contributed by atoms with Gasteiger partial charge in [0.25, 0.3) is 5.91 Å². The lowest BCUT2D eigenvalue weighted by molar-refractivity contribution is -0.138. The van der Waals surface area contributed by atoms with Gasteiger partial charge in [-0.05, 0) is 35.9 Å². The number of halogens is 3. The first-order valence-electron chi connectivity index (χ1n) is 8.23. The van der Waals surface area contributed by atoms with Crippen LogP contribution in [0.5, 0.6) is 0 Å². The minimum absolute atomic E-state index is 0.217. The molecule has 2 amide bonds. The number of rotatable bonds is 3. The second-order valence-electron chi connectivity index (χ2n) is 6.16. The van der Waals surface area contributed by atoms with E-state index in [9.17, 15) is 22.8 Å². The number of alkyl halides is 3. The first-order chi connectivity index (χ1) is 12.8. The highest BCUT2D eigenvalue weighted by Crippen LogP contribution is 2.38. The number of amides is 2. The molecular weight excluding hydrogens is 381 g/mol. The predicted molar refractivity (Wildman–Crippen MR) is 93.1 cm³/mol. The van der Waals surface area contributed by atoms with Gasteiger partial charge in [-0.2, -0.15) is 13.2 Å². The Morgan fingerprint density at radius 2 is 1.81 bits per heavy atom. The van der Waals surface area contributed by atoms with Crippen LogP contribution in [0.4, 0.5) is 13.2 Å². The molecule has 3 rings (SSSR count). The Hall–Kier alpha value is -2.39. The van der Waals surface area contributed by atoms with E-state index in [2.05, 4.69) is 10.9 Å². The summed E-state index contributed by atoms with van der Waals surface area (Å²) in [6, 6.07) is 8.04. The third-order valence-corrected chi connectivity index (χ3v) is 5.43. The van der Waals surface area contributed by atoms with Crippen molar-refractivity contribution in [1.29, 1.82) is 0 Å². The number of ether oxygens (including phenoxy) is 1. The van der Waals surface area contributed by atoms with Crippen molar-refractivity contribution >= 4 is 23.2 Å². The van der Waals surface area contributed by atoms with E-state index in [1.165, 1.54) is 23.5 Å². The van der Waals surface area contributed by atoms with Gasteiger partial charge in [0.2, 0.25) is 5.91 Å². The topological polar surface area (TPSA) is 67.4 Å². The van der Waals surface area contributed by atoms with E-state index in [-0.39, 0.29) is 31.6 Å². The van der Waals surface area contributed by atoms with Gasteiger partial charge < -0.3 is 4.74 Å². The SMILES string of the molecule is O=C(NNC(=O)C1(c2cccc(C(F)(F)F)c2)CCOCC1)c1cccs1. The number of carbonyl (C=O) groups excluding carboxylic acids is 2. The average Bonchev–Trinajstić information content (AvgIpc) is 3.20. The Labute approximate surface area is 157 Å². The lowest BCUT2D eigenvalue weighted by Gasteiger charge is -2.36. The second kappa shape index (κ2) is 7.69. The molecule has 1 fully saturated rings. The van der Waals surface area contributed by atoms with Crippen molar-refractivity contribution in [3.63, 3.8) is 0 Å². The van der Waals surface area contributed by atoms with Crippen LogP contribution in [0.2, 0.25) is 0 Å². The van der Waals surface area contributed by atoms with Crippen molar-refractivity contribution in [3.8, 4) is 0 Å². The van der Waals surface area contributed by atoms with Crippen LogP contribution in [0.3, 0.4) is 0 Å².